The Morgan fingerprint density at radius 1 is 0.917 bits per heavy atom. The highest BCUT2D eigenvalue weighted by atomic mass is 16.6. The second-order valence-corrected chi connectivity index (χ2v) is 2.55. The predicted molar refractivity (Wildman–Crippen MR) is 46.1 cm³/mol. The van der Waals surface area contributed by atoms with Gasteiger partial charge < -0.3 is 10.2 Å². The summed E-state index contributed by atoms with van der Waals surface area (Å²) in [6, 6.07) is 0. The topological polar surface area (TPSA) is 57.5 Å². The van der Waals surface area contributed by atoms with Crippen molar-refractivity contribution in [3.63, 3.8) is 0 Å². The monoisotopic (exact) mass is 170 g/mol. The first-order valence-electron chi connectivity index (χ1n) is 4.11. The molecule has 0 unspecified atom stereocenters. The number of hydrogen-bond acceptors (Lipinski definition) is 1. The van der Waals surface area contributed by atoms with E-state index in [2.05, 4.69) is 11.8 Å². The summed E-state index contributed by atoms with van der Waals surface area (Å²) in [5.74, 6) is 6.27. The Balaban J connectivity index is 0.000000261. The van der Waals surface area contributed by atoms with Crippen molar-refractivity contribution in [3.8, 4) is 11.8 Å². The van der Waals surface area contributed by atoms with Crippen molar-refractivity contribution in [1.82, 2.24) is 0 Å². The van der Waals surface area contributed by atoms with Gasteiger partial charge in [-0.2, -0.15) is 0 Å². The van der Waals surface area contributed by atoms with Crippen LogP contribution < -0.4 is 0 Å². The van der Waals surface area contributed by atoms with Crippen LogP contribution in [0.4, 0.5) is 4.79 Å². The minimum absolute atomic E-state index is 1.14. The van der Waals surface area contributed by atoms with Gasteiger partial charge >= 0.3 is 6.16 Å². The molecule has 3 nitrogen and oxygen atoms in total. The van der Waals surface area contributed by atoms with E-state index in [1.165, 1.54) is 25.7 Å². The third-order valence-corrected chi connectivity index (χ3v) is 1.48. The normalized spacial score (nSPS) is 15.3. The van der Waals surface area contributed by atoms with Crippen molar-refractivity contribution in [2.24, 2.45) is 0 Å². The Labute approximate surface area is 72.4 Å². The highest BCUT2D eigenvalue weighted by Gasteiger charge is 1.89. The van der Waals surface area contributed by atoms with Crippen molar-refractivity contribution in [1.29, 1.82) is 0 Å². The van der Waals surface area contributed by atoms with E-state index >= 15 is 0 Å². The summed E-state index contributed by atoms with van der Waals surface area (Å²) < 4.78 is 0. The lowest BCUT2D eigenvalue weighted by Crippen LogP contribution is -1.81. The van der Waals surface area contributed by atoms with Crippen LogP contribution >= 0.6 is 0 Å². The molecule has 0 amide bonds. The van der Waals surface area contributed by atoms with Crippen molar-refractivity contribution >= 4 is 6.16 Å². The van der Waals surface area contributed by atoms with Crippen molar-refractivity contribution < 1.29 is 15.0 Å². The van der Waals surface area contributed by atoms with Gasteiger partial charge in [0.1, 0.15) is 0 Å². The van der Waals surface area contributed by atoms with Crippen molar-refractivity contribution in [3.05, 3.63) is 0 Å². The fourth-order valence-electron chi connectivity index (χ4n) is 0.957. The Hall–Kier alpha value is -1.17. The number of carbonyl (C=O) groups is 1. The van der Waals surface area contributed by atoms with Gasteiger partial charge in [-0.15, -0.1) is 11.8 Å². The van der Waals surface area contributed by atoms with E-state index < -0.39 is 6.16 Å². The molecule has 1 rings (SSSR count). The summed E-state index contributed by atoms with van der Waals surface area (Å²) in [5, 5.41) is 13.9. The third-order valence-electron chi connectivity index (χ3n) is 1.48. The molecule has 0 saturated heterocycles. The van der Waals surface area contributed by atoms with Gasteiger partial charge in [0.15, 0.2) is 0 Å². The zero-order chi connectivity index (χ0) is 9.23. The van der Waals surface area contributed by atoms with Gasteiger partial charge in [0.2, 0.25) is 0 Å². The SMILES string of the molecule is C1#CCCCCCC1.O=C(O)O. The molecule has 68 valence electrons. The lowest BCUT2D eigenvalue weighted by Gasteiger charge is -1.97. The fourth-order valence-corrected chi connectivity index (χ4v) is 0.957. The molecule has 0 fully saturated rings. The molecule has 0 heterocycles. The Bertz CT molecular complexity index is 160. The van der Waals surface area contributed by atoms with E-state index in [1.54, 1.807) is 0 Å². The van der Waals surface area contributed by atoms with E-state index in [1.807, 2.05) is 0 Å². The molecule has 12 heavy (non-hydrogen) atoms. The molecule has 0 aliphatic heterocycles. The molecule has 0 radical (unpaired) electrons. The predicted octanol–water partition coefficient (Wildman–Crippen LogP) is 2.57. The van der Waals surface area contributed by atoms with Crippen LogP contribution in [0, 0.1) is 11.8 Å². The molecule has 0 saturated carbocycles. The van der Waals surface area contributed by atoms with Crippen LogP contribution in [0.15, 0.2) is 0 Å². The lowest BCUT2D eigenvalue weighted by molar-refractivity contribution is 0.137. The maximum absolute atomic E-state index is 8.56. The molecule has 0 aromatic heterocycles. The van der Waals surface area contributed by atoms with Crippen LogP contribution in [0.3, 0.4) is 0 Å². The standard InChI is InChI=1S/C8H12.CH2O3/c1-2-4-6-8-7-5-3-1;2-1(3)4/h1-6H2;(H2,2,3,4). The minimum atomic E-state index is -1.83. The van der Waals surface area contributed by atoms with Crippen LogP contribution in [0.2, 0.25) is 0 Å². The number of hydrogen-bond donors (Lipinski definition) is 2. The highest BCUT2D eigenvalue weighted by Crippen LogP contribution is 2.06. The van der Waals surface area contributed by atoms with Crippen LogP contribution in [0.5, 0.6) is 0 Å². The van der Waals surface area contributed by atoms with E-state index in [4.69, 9.17) is 15.0 Å². The van der Waals surface area contributed by atoms with Gasteiger partial charge in [0, 0.05) is 12.8 Å². The van der Waals surface area contributed by atoms with Crippen LogP contribution in [-0.2, 0) is 0 Å². The summed E-state index contributed by atoms with van der Waals surface area (Å²) >= 11 is 0. The summed E-state index contributed by atoms with van der Waals surface area (Å²) in [4.78, 5) is 8.56. The maximum Gasteiger partial charge on any atom is 0.503 e. The summed E-state index contributed by atoms with van der Waals surface area (Å²) in [7, 11) is 0. The Morgan fingerprint density at radius 3 is 1.58 bits per heavy atom. The lowest BCUT2D eigenvalue weighted by atomic mass is 10.1. The first-order valence-corrected chi connectivity index (χ1v) is 4.11. The summed E-state index contributed by atoms with van der Waals surface area (Å²) in [6.45, 7) is 0. The van der Waals surface area contributed by atoms with Gasteiger partial charge in [0.25, 0.3) is 0 Å². The second-order valence-electron chi connectivity index (χ2n) is 2.55. The van der Waals surface area contributed by atoms with Gasteiger partial charge in [-0.25, -0.2) is 4.79 Å². The van der Waals surface area contributed by atoms with E-state index in [-0.39, 0.29) is 0 Å². The van der Waals surface area contributed by atoms with E-state index in [0.29, 0.717) is 0 Å². The van der Waals surface area contributed by atoms with Gasteiger partial charge in [0.05, 0.1) is 0 Å². The molecule has 0 aromatic carbocycles. The molecule has 0 bridgehead atoms. The number of rotatable bonds is 0. The smallest absolute Gasteiger partial charge is 0.450 e. The third kappa shape index (κ3) is 11.6. The highest BCUT2D eigenvalue weighted by molar-refractivity contribution is 5.53. The molecular formula is C9H14O3. The second kappa shape index (κ2) is 7.93. The van der Waals surface area contributed by atoms with Crippen LogP contribution in [0.1, 0.15) is 38.5 Å². The van der Waals surface area contributed by atoms with E-state index in [0.717, 1.165) is 12.8 Å². The van der Waals surface area contributed by atoms with Crippen molar-refractivity contribution in [2.45, 2.75) is 38.5 Å². The average Bonchev–Trinajstić information content (AvgIpc) is 1.82. The summed E-state index contributed by atoms with van der Waals surface area (Å²) in [5.41, 5.74) is 0. The van der Waals surface area contributed by atoms with Gasteiger partial charge in [-0.05, 0) is 12.8 Å². The van der Waals surface area contributed by atoms with Gasteiger partial charge in [-0.1, -0.05) is 12.8 Å². The zero-order valence-electron chi connectivity index (χ0n) is 7.05. The van der Waals surface area contributed by atoms with Gasteiger partial charge in [-0.3, -0.25) is 0 Å². The summed E-state index contributed by atoms with van der Waals surface area (Å²) in [6.07, 6.45) is 5.89. The minimum Gasteiger partial charge on any atom is -0.450 e. The average molecular weight is 170 g/mol. The first kappa shape index (κ1) is 10.8. The largest absolute Gasteiger partial charge is 0.503 e. The van der Waals surface area contributed by atoms with E-state index in [9.17, 15) is 0 Å². The van der Waals surface area contributed by atoms with Crippen LogP contribution in [-0.4, -0.2) is 16.4 Å². The van der Waals surface area contributed by atoms with Crippen LogP contribution in [0.25, 0.3) is 0 Å². The molecule has 3 heteroatoms. The maximum atomic E-state index is 8.56. The molecule has 0 spiro atoms. The quantitative estimate of drug-likeness (QED) is 0.549. The molecule has 1 aliphatic rings. The molecule has 2 N–H and O–H groups in total. The molecule has 0 aromatic rings. The molecule has 1 aliphatic carbocycles. The fraction of sp³-hybridized carbons (Fsp3) is 0.667. The number of carboxylic acid groups (broad SMARTS) is 2. The zero-order valence-corrected chi connectivity index (χ0v) is 7.05. The molecular weight excluding hydrogens is 156 g/mol. The molecule has 0 atom stereocenters. The van der Waals surface area contributed by atoms with Crippen molar-refractivity contribution in [2.75, 3.05) is 0 Å². The first-order chi connectivity index (χ1) is 5.73. The Kier molecular flexibility index (Phi) is 7.16. The Morgan fingerprint density at radius 2 is 1.25 bits per heavy atom.